The van der Waals surface area contributed by atoms with Gasteiger partial charge in [-0.25, -0.2) is 13.1 Å². The molecule has 20 heavy (non-hydrogen) atoms. The molecule has 0 saturated carbocycles. The quantitative estimate of drug-likeness (QED) is 0.542. The summed E-state index contributed by atoms with van der Waals surface area (Å²) in [5, 5.41) is 0. The summed E-state index contributed by atoms with van der Waals surface area (Å²) in [6.07, 6.45) is 5.70. The van der Waals surface area contributed by atoms with Crippen LogP contribution in [0, 0.1) is 0 Å². The molecule has 1 rings (SSSR count). The largest absolute Gasteiger partial charge is 0.491 e. The Hall–Kier alpha value is -1.27. The third-order valence-electron chi connectivity index (χ3n) is 3.07. The normalized spacial score (nSPS) is 11.5. The first-order valence-electron chi connectivity index (χ1n) is 6.97. The summed E-state index contributed by atoms with van der Waals surface area (Å²) in [7, 11) is -2.09. The lowest BCUT2D eigenvalue weighted by Gasteiger charge is -2.11. The molecule has 0 aliphatic heterocycles. The molecule has 0 aliphatic carbocycles. The van der Waals surface area contributed by atoms with Gasteiger partial charge in [-0.05, 0) is 25.6 Å². The minimum absolute atomic E-state index is 0.162. The fourth-order valence-electron chi connectivity index (χ4n) is 1.81. The van der Waals surface area contributed by atoms with Gasteiger partial charge in [0.1, 0.15) is 5.75 Å². The van der Waals surface area contributed by atoms with E-state index in [1.165, 1.54) is 38.4 Å². The molecule has 1 aromatic rings. The topological polar surface area (TPSA) is 81.4 Å². The Morgan fingerprint density at radius 1 is 1.20 bits per heavy atom. The van der Waals surface area contributed by atoms with Gasteiger partial charge in [-0.2, -0.15) is 0 Å². The van der Waals surface area contributed by atoms with Crippen LogP contribution in [0.25, 0.3) is 0 Å². The molecule has 0 aliphatic rings. The molecule has 6 heteroatoms. The molecule has 0 unspecified atom stereocenters. The van der Waals surface area contributed by atoms with Crippen molar-refractivity contribution in [3.63, 3.8) is 0 Å². The number of unbranched alkanes of at least 4 members (excludes halogenated alkanes) is 4. The molecule has 5 nitrogen and oxygen atoms in total. The molecule has 0 amide bonds. The van der Waals surface area contributed by atoms with Gasteiger partial charge in [-0.3, -0.25) is 0 Å². The van der Waals surface area contributed by atoms with Crippen LogP contribution in [0.15, 0.2) is 23.1 Å². The molecule has 114 valence electrons. The Balaban J connectivity index is 2.59. The second-order valence-electron chi connectivity index (χ2n) is 4.67. The molecule has 0 bridgehead atoms. The maximum absolute atomic E-state index is 11.7. The average molecular weight is 300 g/mol. The summed E-state index contributed by atoms with van der Waals surface area (Å²) in [5.74, 6) is 0.428. The third kappa shape index (κ3) is 5.02. The van der Waals surface area contributed by atoms with Crippen molar-refractivity contribution >= 4 is 15.7 Å². The van der Waals surface area contributed by atoms with Crippen molar-refractivity contribution in [1.82, 2.24) is 4.72 Å². The van der Waals surface area contributed by atoms with Crippen molar-refractivity contribution < 1.29 is 13.2 Å². The number of ether oxygens (including phenoxy) is 1. The highest BCUT2D eigenvalue weighted by molar-refractivity contribution is 7.89. The number of nitrogens with two attached hydrogens (primary N) is 1. The van der Waals surface area contributed by atoms with Crippen LogP contribution in [0.4, 0.5) is 5.69 Å². The summed E-state index contributed by atoms with van der Waals surface area (Å²) in [6, 6.07) is 4.49. The SMILES string of the molecule is CCCCCCCOc1cc(S(=O)(=O)NC)ccc1N. The highest BCUT2D eigenvalue weighted by atomic mass is 32.2. The molecular formula is C14H24N2O3S. The molecule has 0 heterocycles. The van der Waals surface area contributed by atoms with E-state index in [0.717, 1.165) is 12.8 Å². The lowest BCUT2D eigenvalue weighted by molar-refractivity contribution is 0.305. The standard InChI is InChI=1S/C14H24N2O3S/c1-3-4-5-6-7-10-19-14-11-12(8-9-13(14)15)20(17,18)16-2/h8-9,11,16H,3-7,10,15H2,1-2H3. The van der Waals surface area contributed by atoms with E-state index >= 15 is 0 Å². The van der Waals surface area contributed by atoms with Crippen LogP contribution in [0.1, 0.15) is 39.0 Å². The average Bonchev–Trinajstić information content (AvgIpc) is 2.44. The van der Waals surface area contributed by atoms with Crippen LogP contribution >= 0.6 is 0 Å². The van der Waals surface area contributed by atoms with Crippen molar-refractivity contribution in [2.45, 2.75) is 43.9 Å². The maximum Gasteiger partial charge on any atom is 0.240 e. The highest BCUT2D eigenvalue weighted by Crippen LogP contribution is 2.25. The van der Waals surface area contributed by atoms with Gasteiger partial charge in [0, 0.05) is 6.07 Å². The first kappa shape index (κ1) is 16.8. The molecule has 0 atom stereocenters. The van der Waals surface area contributed by atoms with Gasteiger partial charge in [-0.15, -0.1) is 0 Å². The number of hydrogen-bond acceptors (Lipinski definition) is 4. The van der Waals surface area contributed by atoms with Gasteiger partial charge in [0.25, 0.3) is 0 Å². The minimum atomic E-state index is -3.47. The lowest BCUT2D eigenvalue weighted by Crippen LogP contribution is -2.18. The highest BCUT2D eigenvalue weighted by Gasteiger charge is 2.13. The van der Waals surface area contributed by atoms with Gasteiger partial charge in [0.2, 0.25) is 10.0 Å². The molecule has 3 N–H and O–H groups in total. The van der Waals surface area contributed by atoms with Gasteiger partial charge in [0.05, 0.1) is 17.2 Å². The molecule has 0 saturated heterocycles. The van der Waals surface area contributed by atoms with Crippen LogP contribution < -0.4 is 15.2 Å². The second-order valence-corrected chi connectivity index (χ2v) is 6.56. The Morgan fingerprint density at radius 3 is 2.55 bits per heavy atom. The summed E-state index contributed by atoms with van der Waals surface area (Å²) in [4.78, 5) is 0.162. The van der Waals surface area contributed by atoms with Crippen LogP contribution in [0.5, 0.6) is 5.75 Å². The van der Waals surface area contributed by atoms with Crippen molar-refractivity contribution in [3.05, 3.63) is 18.2 Å². The number of benzene rings is 1. The minimum Gasteiger partial charge on any atom is -0.491 e. The molecular weight excluding hydrogens is 276 g/mol. The van der Waals surface area contributed by atoms with E-state index in [-0.39, 0.29) is 4.90 Å². The predicted octanol–water partition coefficient (Wildman–Crippen LogP) is 2.53. The fourth-order valence-corrected chi connectivity index (χ4v) is 2.56. The van der Waals surface area contributed by atoms with E-state index < -0.39 is 10.0 Å². The van der Waals surface area contributed by atoms with E-state index in [1.807, 2.05) is 0 Å². The first-order valence-corrected chi connectivity index (χ1v) is 8.45. The molecule has 0 fully saturated rings. The van der Waals surface area contributed by atoms with Crippen LogP contribution in [-0.2, 0) is 10.0 Å². The molecule has 0 aromatic heterocycles. The van der Waals surface area contributed by atoms with Crippen LogP contribution in [-0.4, -0.2) is 22.1 Å². The smallest absolute Gasteiger partial charge is 0.240 e. The van der Waals surface area contributed by atoms with E-state index in [2.05, 4.69) is 11.6 Å². The van der Waals surface area contributed by atoms with Gasteiger partial charge in [0.15, 0.2) is 0 Å². The second kappa shape index (κ2) is 8.11. The van der Waals surface area contributed by atoms with Gasteiger partial charge >= 0.3 is 0 Å². The van der Waals surface area contributed by atoms with Crippen molar-refractivity contribution in [1.29, 1.82) is 0 Å². The van der Waals surface area contributed by atoms with Crippen LogP contribution in [0.3, 0.4) is 0 Å². The molecule has 1 aromatic carbocycles. The number of nitrogen functional groups attached to an aromatic ring is 1. The predicted molar refractivity (Wildman–Crippen MR) is 81.4 cm³/mol. The Morgan fingerprint density at radius 2 is 1.90 bits per heavy atom. The Kier molecular flexibility index (Phi) is 6.81. The number of hydrogen-bond donors (Lipinski definition) is 2. The Labute approximate surface area is 121 Å². The summed E-state index contributed by atoms with van der Waals surface area (Å²) in [6.45, 7) is 2.72. The summed E-state index contributed by atoms with van der Waals surface area (Å²) >= 11 is 0. The number of anilines is 1. The van der Waals surface area contributed by atoms with Crippen LogP contribution in [0.2, 0.25) is 0 Å². The fraction of sp³-hybridized carbons (Fsp3) is 0.571. The first-order chi connectivity index (χ1) is 9.51. The Bertz CT molecular complexity index is 515. The van der Waals surface area contributed by atoms with Gasteiger partial charge in [-0.1, -0.05) is 32.6 Å². The number of sulfonamides is 1. The number of nitrogens with one attached hydrogen (secondary N) is 1. The maximum atomic E-state index is 11.7. The van der Waals surface area contributed by atoms with Crippen molar-refractivity contribution in [3.8, 4) is 5.75 Å². The zero-order valence-corrected chi connectivity index (χ0v) is 13.0. The summed E-state index contributed by atoms with van der Waals surface area (Å²) in [5.41, 5.74) is 6.25. The van der Waals surface area contributed by atoms with E-state index in [0.29, 0.717) is 18.0 Å². The van der Waals surface area contributed by atoms with E-state index in [9.17, 15) is 8.42 Å². The van der Waals surface area contributed by atoms with Crippen molar-refractivity contribution in [2.75, 3.05) is 19.4 Å². The van der Waals surface area contributed by atoms with Crippen molar-refractivity contribution in [2.24, 2.45) is 0 Å². The molecule has 0 radical (unpaired) electrons. The monoisotopic (exact) mass is 300 g/mol. The third-order valence-corrected chi connectivity index (χ3v) is 4.48. The zero-order chi connectivity index (χ0) is 15.0. The zero-order valence-electron chi connectivity index (χ0n) is 12.2. The van der Waals surface area contributed by atoms with E-state index in [4.69, 9.17) is 10.5 Å². The molecule has 0 spiro atoms. The summed E-state index contributed by atoms with van der Waals surface area (Å²) < 4.78 is 31.3. The lowest BCUT2D eigenvalue weighted by atomic mass is 10.2. The number of rotatable bonds is 9. The van der Waals surface area contributed by atoms with E-state index in [1.54, 1.807) is 6.07 Å². The van der Waals surface area contributed by atoms with Gasteiger partial charge < -0.3 is 10.5 Å².